The van der Waals surface area contributed by atoms with Gasteiger partial charge in [-0.2, -0.15) is 0 Å². The first-order chi connectivity index (χ1) is 12.4. The maximum Gasteiger partial charge on any atom is 0.259 e. The molecule has 6 nitrogen and oxygen atoms in total. The van der Waals surface area contributed by atoms with Crippen LogP contribution in [-0.4, -0.2) is 46.6 Å². The maximum atomic E-state index is 13.3. The van der Waals surface area contributed by atoms with E-state index in [1.54, 1.807) is 11.3 Å². The number of nitrogens with zero attached hydrogens (tertiary/aromatic N) is 3. The van der Waals surface area contributed by atoms with Gasteiger partial charge in [0.15, 0.2) is 0 Å². The third-order valence-electron chi connectivity index (χ3n) is 4.82. The zero-order valence-electron chi connectivity index (χ0n) is 15.8. The van der Waals surface area contributed by atoms with Gasteiger partial charge in [0.25, 0.3) is 11.6 Å². The van der Waals surface area contributed by atoms with Crippen molar-refractivity contribution in [3.63, 3.8) is 0 Å². The minimum absolute atomic E-state index is 0. The fourth-order valence-electron chi connectivity index (χ4n) is 3.57. The predicted molar refractivity (Wildman–Crippen MR) is 110 cm³/mol. The monoisotopic (exact) mass is 406 g/mol. The molecule has 1 atom stereocenters. The van der Waals surface area contributed by atoms with E-state index in [9.17, 15) is 4.79 Å². The summed E-state index contributed by atoms with van der Waals surface area (Å²) in [6.07, 6.45) is 0. The Balaban J connectivity index is 0.00000210. The highest BCUT2D eigenvalue weighted by Gasteiger charge is 2.26. The van der Waals surface area contributed by atoms with Gasteiger partial charge in [-0.05, 0) is 39.8 Å². The zero-order chi connectivity index (χ0) is 18.4. The van der Waals surface area contributed by atoms with Crippen molar-refractivity contribution in [2.75, 3.05) is 19.6 Å². The molecule has 1 saturated heterocycles. The lowest BCUT2D eigenvalue weighted by atomic mass is 10.0. The standard InChI is InChI=1S/C19H22N4O2S.ClH/c1-10-9-23(6-5-20-10)19(24)15-8-16(14-7-11(2)26-13(14)4)21-18-17(15)12(3)22-25-18;/h7-8,10,20H,5-6,9H2,1-4H3;1H. The third-order valence-corrected chi connectivity index (χ3v) is 5.79. The van der Waals surface area contributed by atoms with E-state index in [0.717, 1.165) is 23.2 Å². The number of thiophene rings is 1. The Hall–Kier alpha value is -1.96. The van der Waals surface area contributed by atoms with Gasteiger partial charge in [0.1, 0.15) is 0 Å². The summed E-state index contributed by atoms with van der Waals surface area (Å²) in [6.45, 7) is 10.3. The van der Waals surface area contributed by atoms with Gasteiger partial charge in [0.2, 0.25) is 0 Å². The van der Waals surface area contributed by atoms with Crippen molar-refractivity contribution in [2.45, 2.75) is 33.7 Å². The quantitative estimate of drug-likeness (QED) is 0.702. The van der Waals surface area contributed by atoms with Crippen molar-refractivity contribution < 1.29 is 9.32 Å². The van der Waals surface area contributed by atoms with Crippen molar-refractivity contribution in [3.05, 3.63) is 33.1 Å². The highest BCUT2D eigenvalue weighted by Crippen LogP contribution is 2.33. The fourth-order valence-corrected chi connectivity index (χ4v) is 4.51. The van der Waals surface area contributed by atoms with Gasteiger partial charge < -0.3 is 14.7 Å². The molecule has 0 aliphatic carbocycles. The van der Waals surface area contributed by atoms with E-state index in [1.165, 1.54) is 9.75 Å². The number of aromatic nitrogens is 2. The van der Waals surface area contributed by atoms with E-state index < -0.39 is 0 Å². The van der Waals surface area contributed by atoms with E-state index in [1.807, 2.05) is 17.9 Å². The third kappa shape index (κ3) is 3.59. The number of aryl methyl sites for hydroxylation is 3. The van der Waals surface area contributed by atoms with Crippen molar-refractivity contribution in [2.24, 2.45) is 0 Å². The molecule has 27 heavy (non-hydrogen) atoms. The number of piperazine rings is 1. The number of halogens is 1. The van der Waals surface area contributed by atoms with Crippen molar-refractivity contribution in [1.29, 1.82) is 0 Å². The zero-order valence-corrected chi connectivity index (χ0v) is 17.5. The molecular weight excluding hydrogens is 384 g/mol. The Labute approximate surface area is 168 Å². The Morgan fingerprint density at radius 1 is 1.33 bits per heavy atom. The molecule has 1 amide bonds. The van der Waals surface area contributed by atoms with Crippen LogP contribution in [0.25, 0.3) is 22.4 Å². The minimum Gasteiger partial charge on any atom is -0.336 e. The lowest BCUT2D eigenvalue weighted by Crippen LogP contribution is -2.51. The van der Waals surface area contributed by atoms with Gasteiger partial charge in [0.05, 0.1) is 22.3 Å². The van der Waals surface area contributed by atoms with E-state index in [0.29, 0.717) is 30.1 Å². The topological polar surface area (TPSA) is 71.3 Å². The molecule has 0 aromatic carbocycles. The molecule has 3 aromatic rings. The summed E-state index contributed by atoms with van der Waals surface area (Å²) >= 11 is 1.73. The number of hydrogen-bond donors (Lipinski definition) is 1. The molecule has 4 heterocycles. The lowest BCUT2D eigenvalue weighted by molar-refractivity contribution is 0.0711. The van der Waals surface area contributed by atoms with Crippen LogP contribution in [0.15, 0.2) is 16.7 Å². The number of amides is 1. The first kappa shape index (κ1) is 19.8. The molecule has 1 fully saturated rings. The first-order valence-electron chi connectivity index (χ1n) is 8.81. The van der Waals surface area contributed by atoms with Crippen LogP contribution in [0, 0.1) is 20.8 Å². The van der Waals surface area contributed by atoms with E-state index >= 15 is 0 Å². The van der Waals surface area contributed by atoms with E-state index in [2.05, 4.69) is 42.3 Å². The Morgan fingerprint density at radius 3 is 2.78 bits per heavy atom. The molecule has 1 N–H and O–H groups in total. The number of pyridine rings is 1. The second-order valence-corrected chi connectivity index (χ2v) is 8.40. The van der Waals surface area contributed by atoms with Crippen molar-refractivity contribution in [1.82, 2.24) is 20.4 Å². The molecule has 3 aromatic heterocycles. The molecule has 4 rings (SSSR count). The molecular formula is C19H23ClN4O2S. The highest BCUT2D eigenvalue weighted by molar-refractivity contribution is 7.12. The average molecular weight is 407 g/mol. The SMILES string of the molecule is Cc1cc(-c2cc(C(=O)N3CCNC(C)C3)c3c(C)noc3n2)c(C)s1.Cl. The van der Waals surface area contributed by atoms with E-state index in [4.69, 9.17) is 4.52 Å². The highest BCUT2D eigenvalue weighted by atomic mass is 35.5. The molecule has 1 unspecified atom stereocenters. The van der Waals surface area contributed by atoms with Gasteiger partial charge in [-0.1, -0.05) is 5.16 Å². The summed E-state index contributed by atoms with van der Waals surface area (Å²) in [5.74, 6) is 0.0166. The summed E-state index contributed by atoms with van der Waals surface area (Å²) in [5, 5.41) is 8.13. The fraction of sp³-hybridized carbons (Fsp3) is 0.421. The molecule has 1 aliphatic rings. The van der Waals surface area contributed by atoms with Crippen LogP contribution in [0.3, 0.4) is 0 Å². The summed E-state index contributed by atoms with van der Waals surface area (Å²) in [4.78, 5) is 22.2. The van der Waals surface area contributed by atoms with Gasteiger partial charge >= 0.3 is 0 Å². The molecule has 0 saturated carbocycles. The largest absolute Gasteiger partial charge is 0.336 e. The van der Waals surface area contributed by atoms with Gasteiger partial charge in [-0.3, -0.25) is 4.79 Å². The van der Waals surface area contributed by atoms with Crippen LogP contribution in [0.1, 0.15) is 32.7 Å². The van der Waals surface area contributed by atoms with Gasteiger partial charge in [-0.15, -0.1) is 23.7 Å². The number of fused-ring (bicyclic) bond motifs is 1. The second-order valence-electron chi connectivity index (χ2n) is 6.94. The number of rotatable bonds is 2. The average Bonchev–Trinajstić information content (AvgIpc) is 3.15. The van der Waals surface area contributed by atoms with Crippen molar-refractivity contribution in [3.8, 4) is 11.3 Å². The number of nitrogens with one attached hydrogen (secondary N) is 1. The molecule has 0 bridgehead atoms. The van der Waals surface area contributed by atoms with Crippen LogP contribution < -0.4 is 5.32 Å². The maximum absolute atomic E-state index is 13.3. The molecule has 0 spiro atoms. The number of carbonyl (C=O) groups excluding carboxylic acids is 1. The predicted octanol–water partition coefficient (Wildman–Crippen LogP) is 3.73. The van der Waals surface area contributed by atoms with Crippen LogP contribution in [0.5, 0.6) is 0 Å². The van der Waals surface area contributed by atoms with Gasteiger partial charge in [0, 0.05) is 41.0 Å². The second kappa shape index (κ2) is 7.58. The summed E-state index contributed by atoms with van der Waals surface area (Å²) in [5.41, 5.74) is 3.56. The molecule has 8 heteroatoms. The summed E-state index contributed by atoms with van der Waals surface area (Å²) in [6, 6.07) is 4.30. The van der Waals surface area contributed by atoms with Crippen LogP contribution >= 0.6 is 23.7 Å². The lowest BCUT2D eigenvalue weighted by Gasteiger charge is -2.32. The van der Waals surface area contributed by atoms with Crippen LogP contribution in [0.4, 0.5) is 0 Å². The minimum atomic E-state index is 0. The Morgan fingerprint density at radius 2 is 2.11 bits per heavy atom. The molecule has 0 radical (unpaired) electrons. The molecule has 1 aliphatic heterocycles. The smallest absolute Gasteiger partial charge is 0.259 e. The summed E-state index contributed by atoms with van der Waals surface area (Å²) < 4.78 is 5.42. The van der Waals surface area contributed by atoms with Crippen LogP contribution in [-0.2, 0) is 0 Å². The number of hydrogen-bond acceptors (Lipinski definition) is 6. The van der Waals surface area contributed by atoms with Crippen LogP contribution in [0.2, 0.25) is 0 Å². The van der Waals surface area contributed by atoms with Gasteiger partial charge in [-0.25, -0.2) is 4.98 Å². The van der Waals surface area contributed by atoms with E-state index in [-0.39, 0.29) is 24.4 Å². The van der Waals surface area contributed by atoms with Crippen molar-refractivity contribution >= 4 is 40.8 Å². The number of carbonyl (C=O) groups is 1. The molecule has 144 valence electrons. The summed E-state index contributed by atoms with van der Waals surface area (Å²) in [7, 11) is 0. The normalized spacial score (nSPS) is 17.2. The first-order valence-corrected chi connectivity index (χ1v) is 9.62. The Bertz CT molecular complexity index is 997. The Kier molecular flexibility index (Phi) is 5.55.